The van der Waals surface area contributed by atoms with Crippen molar-refractivity contribution in [3.8, 4) is 17.2 Å². The molecule has 2 aromatic rings. The van der Waals surface area contributed by atoms with Crippen molar-refractivity contribution in [3.05, 3.63) is 47.5 Å². The van der Waals surface area contributed by atoms with Gasteiger partial charge in [0.1, 0.15) is 5.56 Å². The van der Waals surface area contributed by atoms with E-state index < -0.39 is 27.9 Å². The van der Waals surface area contributed by atoms with Crippen LogP contribution in [0.1, 0.15) is 27.6 Å². The predicted octanol–water partition coefficient (Wildman–Crippen LogP) is 2.51. The molecule has 2 aromatic carbocycles. The van der Waals surface area contributed by atoms with E-state index in [1.54, 1.807) is 0 Å². The zero-order valence-electron chi connectivity index (χ0n) is 17.2. The summed E-state index contributed by atoms with van der Waals surface area (Å²) in [6, 6.07) is 8.75. The maximum atomic E-state index is 12.6. The van der Waals surface area contributed by atoms with Crippen LogP contribution in [0.4, 0.5) is 5.69 Å². The second kappa shape index (κ2) is 9.49. The monoisotopic (exact) mass is 437 g/mol. The Hall–Kier alpha value is -3.27. The third kappa shape index (κ3) is 5.41. The lowest BCUT2D eigenvalue weighted by molar-refractivity contribution is 0.0315. The standard InChI is InChI=1S/C20H23NO8S/c1-12(17(22)13-6-8-14(9-7-13)21-30(5,24)25)29-20(23)15-10-11-16(26-2)19(28-4)18(15)27-3/h6-12,21H,1-5H3/t12-/m0/s1. The number of benzene rings is 2. The molecule has 9 nitrogen and oxygen atoms in total. The van der Waals surface area contributed by atoms with Crippen LogP contribution in [0.25, 0.3) is 0 Å². The molecule has 0 unspecified atom stereocenters. The third-order valence-electron chi connectivity index (χ3n) is 4.05. The van der Waals surface area contributed by atoms with Gasteiger partial charge in [-0.05, 0) is 43.3 Å². The lowest BCUT2D eigenvalue weighted by Crippen LogP contribution is -2.24. The molecule has 0 aromatic heterocycles. The summed E-state index contributed by atoms with van der Waals surface area (Å²) in [5.74, 6) is -0.504. The molecule has 0 radical (unpaired) electrons. The highest BCUT2D eigenvalue weighted by atomic mass is 32.2. The van der Waals surface area contributed by atoms with Crippen LogP contribution in [0.3, 0.4) is 0 Å². The fourth-order valence-electron chi connectivity index (χ4n) is 2.69. The van der Waals surface area contributed by atoms with E-state index in [1.807, 2.05) is 0 Å². The second-order valence-corrected chi connectivity index (χ2v) is 7.99. The van der Waals surface area contributed by atoms with E-state index in [0.29, 0.717) is 11.4 Å². The van der Waals surface area contributed by atoms with E-state index in [-0.39, 0.29) is 22.6 Å². The molecular formula is C20H23NO8S. The molecule has 0 aliphatic heterocycles. The molecule has 0 fully saturated rings. The van der Waals surface area contributed by atoms with Crippen molar-refractivity contribution in [1.82, 2.24) is 0 Å². The first kappa shape index (κ1) is 23.0. The van der Waals surface area contributed by atoms with E-state index in [0.717, 1.165) is 6.26 Å². The zero-order valence-corrected chi connectivity index (χ0v) is 18.0. The number of methoxy groups -OCH3 is 3. The molecule has 0 amide bonds. The molecule has 30 heavy (non-hydrogen) atoms. The Balaban J connectivity index is 2.18. The summed E-state index contributed by atoms with van der Waals surface area (Å²) in [4.78, 5) is 25.2. The first-order valence-electron chi connectivity index (χ1n) is 8.73. The largest absolute Gasteiger partial charge is 0.493 e. The summed E-state index contributed by atoms with van der Waals surface area (Å²) < 4.78 is 45.8. The predicted molar refractivity (Wildman–Crippen MR) is 110 cm³/mol. The minimum Gasteiger partial charge on any atom is -0.493 e. The zero-order chi connectivity index (χ0) is 22.5. The van der Waals surface area contributed by atoms with Crippen molar-refractivity contribution in [2.24, 2.45) is 0 Å². The number of nitrogens with one attached hydrogen (secondary N) is 1. The molecule has 0 saturated heterocycles. The minimum absolute atomic E-state index is 0.0718. The van der Waals surface area contributed by atoms with Crippen molar-refractivity contribution < 1.29 is 37.0 Å². The van der Waals surface area contributed by atoms with Gasteiger partial charge in [0, 0.05) is 11.3 Å². The number of sulfonamides is 1. The Morgan fingerprint density at radius 3 is 2.00 bits per heavy atom. The molecule has 0 spiro atoms. The summed E-state index contributed by atoms with van der Waals surface area (Å²) in [7, 11) is 0.802. The molecule has 0 aliphatic rings. The number of rotatable bonds is 9. The van der Waals surface area contributed by atoms with Crippen molar-refractivity contribution in [1.29, 1.82) is 0 Å². The molecule has 10 heteroatoms. The minimum atomic E-state index is -3.43. The van der Waals surface area contributed by atoms with E-state index >= 15 is 0 Å². The van der Waals surface area contributed by atoms with Crippen molar-refractivity contribution in [3.63, 3.8) is 0 Å². The maximum absolute atomic E-state index is 12.6. The fourth-order valence-corrected chi connectivity index (χ4v) is 3.26. The van der Waals surface area contributed by atoms with Gasteiger partial charge in [0.15, 0.2) is 17.6 Å². The first-order valence-corrected chi connectivity index (χ1v) is 10.6. The van der Waals surface area contributed by atoms with E-state index in [1.165, 1.54) is 64.7 Å². The Bertz CT molecular complexity index is 1030. The third-order valence-corrected chi connectivity index (χ3v) is 4.66. The topological polar surface area (TPSA) is 117 Å². The number of ether oxygens (including phenoxy) is 4. The summed E-state index contributed by atoms with van der Waals surface area (Å²) in [5, 5.41) is 0. The number of hydrogen-bond donors (Lipinski definition) is 1. The van der Waals surface area contributed by atoms with Crippen molar-refractivity contribution in [2.45, 2.75) is 13.0 Å². The Kier molecular flexibility index (Phi) is 7.28. The molecule has 0 heterocycles. The van der Waals surface area contributed by atoms with Gasteiger partial charge in [0.25, 0.3) is 0 Å². The molecule has 1 N–H and O–H groups in total. The molecule has 0 bridgehead atoms. The van der Waals surface area contributed by atoms with E-state index in [9.17, 15) is 18.0 Å². The first-order chi connectivity index (χ1) is 14.1. The molecule has 162 valence electrons. The van der Waals surface area contributed by atoms with Gasteiger partial charge < -0.3 is 18.9 Å². The van der Waals surface area contributed by atoms with Gasteiger partial charge in [-0.15, -0.1) is 0 Å². The highest BCUT2D eigenvalue weighted by Crippen LogP contribution is 2.40. The van der Waals surface area contributed by atoms with Gasteiger partial charge >= 0.3 is 5.97 Å². The highest BCUT2D eigenvalue weighted by Gasteiger charge is 2.25. The van der Waals surface area contributed by atoms with Crippen LogP contribution in [0.5, 0.6) is 17.2 Å². The Morgan fingerprint density at radius 2 is 1.50 bits per heavy atom. The van der Waals surface area contributed by atoms with Crippen LogP contribution in [0, 0.1) is 0 Å². The van der Waals surface area contributed by atoms with E-state index in [4.69, 9.17) is 18.9 Å². The Labute approximate surface area is 174 Å². The summed E-state index contributed by atoms with van der Waals surface area (Å²) in [6.07, 6.45) is -0.0697. The number of hydrogen-bond acceptors (Lipinski definition) is 8. The van der Waals surface area contributed by atoms with Gasteiger partial charge in [-0.1, -0.05) is 0 Å². The quantitative estimate of drug-likeness (QED) is 0.470. The summed E-state index contributed by atoms with van der Waals surface area (Å²) in [6.45, 7) is 1.44. The number of esters is 1. The van der Waals surface area contributed by atoms with Crippen LogP contribution in [0.2, 0.25) is 0 Å². The van der Waals surface area contributed by atoms with Crippen LogP contribution >= 0.6 is 0 Å². The number of carbonyl (C=O) groups excluding carboxylic acids is 2. The maximum Gasteiger partial charge on any atom is 0.342 e. The molecule has 2 rings (SSSR count). The normalized spacial score (nSPS) is 11.9. The van der Waals surface area contributed by atoms with Gasteiger partial charge in [0.05, 0.1) is 27.6 Å². The van der Waals surface area contributed by atoms with Gasteiger partial charge in [-0.2, -0.15) is 0 Å². The Morgan fingerprint density at radius 1 is 0.900 bits per heavy atom. The SMILES string of the molecule is COc1ccc(C(=O)O[C@@H](C)C(=O)c2ccc(NS(C)(=O)=O)cc2)c(OC)c1OC. The lowest BCUT2D eigenvalue weighted by Gasteiger charge is -2.17. The molecular weight excluding hydrogens is 414 g/mol. The number of Topliss-reactive ketones (excluding diaryl/α,β-unsaturated/α-hetero) is 1. The lowest BCUT2D eigenvalue weighted by atomic mass is 10.1. The van der Waals surface area contributed by atoms with Crippen molar-refractivity contribution in [2.75, 3.05) is 32.3 Å². The molecule has 0 aliphatic carbocycles. The fraction of sp³-hybridized carbons (Fsp3) is 0.300. The van der Waals surface area contributed by atoms with Crippen LogP contribution in [-0.2, 0) is 14.8 Å². The summed E-state index contributed by atoms with van der Waals surface area (Å²) >= 11 is 0. The highest BCUT2D eigenvalue weighted by molar-refractivity contribution is 7.92. The average molecular weight is 437 g/mol. The van der Waals surface area contributed by atoms with Crippen LogP contribution in [-0.4, -0.2) is 53.9 Å². The van der Waals surface area contributed by atoms with Gasteiger partial charge in [-0.3, -0.25) is 9.52 Å². The van der Waals surface area contributed by atoms with Crippen LogP contribution < -0.4 is 18.9 Å². The molecule has 1 atom stereocenters. The van der Waals surface area contributed by atoms with E-state index in [2.05, 4.69) is 4.72 Å². The molecule has 0 saturated carbocycles. The van der Waals surface area contributed by atoms with Gasteiger partial charge in [0.2, 0.25) is 21.6 Å². The number of anilines is 1. The smallest absolute Gasteiger partial charge is 0.342 e. The second-order valence-electron chi connectivity index (χ2n) is 6.25. The van der Waals surface area contributed by atoms with Crippen LogP contribution in [0.15, 0.2) is 36.4 Å². The summed E-state index contributed by atoms with van der Waals surface area (Å²) in [5.41, 5.74) is 0.643. The number of ketones is 1. The van der Waals surface area contributed by atoms with Gasteiger partial charge in [-0.25, -0.2) is 13.2 Å². The van der Waals surface area contributed by atoms with Crippen molar-refractivity contribution >= 4 is 27.5 Å². The average Bonchev–Trinajstić information content (AvgIpc) is 2.71. The number of carbonyl (C=O) groups is 2.